The second-order valence-corrected chi connectivity index (χ2v) is 5.04. The highest BCUT2D eigenvalue weighted by molar-refractivity contribution is 5.99. The summed E-state index contributed by atoms with van der Waals surface area (Å²) in [6.07, 6.45) is 0.985. The average molecular weight is 283 g/mol. The highest BCUT2D eigenvalue weighted by Crippen LogP contribution is 2.15. The lowest BCUT2D eigenvalue weighted by Crippen LogP contribution is -2.19. The summed E-state index contributed by atoms with van der Waals surface area (Å²) in [4.78, 5) is 11.9. The molecule has 2 amide bonds. The van der Waals surface area contributed by atoms with Gasteiger partial charge in [0, 0.05) is 17.4 Å². The van der Waals surface area contributed by atoms with Gasteiger partial charge in [0.25, 0.3) is 0 Å². The normalized spacial score (nSPS) is 11.8. The number of hydrogen-bond acceptors (Lipinski definition) is 2. The molecule has 4 nitrogen and oxygen atoms in total. The first-order valence-electron chi connectivity index (χ1n) is 7.11. The number of aryl methyl sites for hydroxylation is 1. The Morgan fingerprint density at radius 1 is 1.00 bits per heavy atom. The molecule has 0 bridgehead atoms. The van der Waals surface area contributed by atoms with Crippen molar-refractivity contribution in [2.24, 2.45) is 5.73 Å². The van der Waals surface area contributed by atoms with E-state index in [1.165, 1.54) is 5.56 Å². The molecule has 0 saturated carbocycles. The number of hydrogen-bond donors (Lipinski definition) is 3. The number of nitrogens with one attached hydrogen (secondary N) is 2. The Morgan fingerprint density at radius 3 is 1.90 bits per heavy atom. The monoisotopic (exact) mass is 283 g/mol. The Morgan fingerprint density at radius 2 is 1.48 bits per heavy atom. The Hall–Kier alpha value is -2.33. The van der Waals surface area contributed by atoms with Gasteiger partial charge in [-0.15, -0.1) is 0 Å². The maximum Gasteiger partial charge on any atom is 0.323 e. The number of amides is 2. The second kappa shape index (κ2) is 6.90. The molecular formula is C17H21N3O. The van der Waals surface area contributed by atoms with E-state index in [4.69, 9.17) is 5.73 Å². The van der Waals surface area contributed by atoms with E-state index in [1.54, 1.807) is 0 Å². The van der Waals surface area contributed by atoms with E-state index in [9.17, 15) is 4.79 Å². The van der Waals surface area contributed by atoms with Crippen LogP contribution in [-0.2, 0) is 6.42 Å². The summed E-state index contributed by atoms with van der Waals surface area (Å²) in [6, 6.07) is 15.1. The van der Waals surface area contributed by atoms with E-state index in [1.807, 2.05) is 55.5 Å². The average Bonchev–Trinajstić information content (AvgIpc) is 2.48. The molecule has 0 fully saturated rings. The number of anilines is 2. The molecule has 0 aliphatic rings. The Balaban J connectivity index is 1.94. The molecule has 0 saturated heterocycles. The van der Waals surface area contributed by atoms with Crippen LogP contribution >= 0.6 is 0 Å². The van der Waals surface area contributed by atoms with Gasteiger partial charge in [0.1, 0.15) is 0 Å². The maximum atomic E-state index is 11.9. The topological polar surface area (TPSA) is 67.2 Å². The van der Waals surface area contributed by atoms with Crippen molar-refractivity contribution in [2.45, 2.75) is 26.3 Å². The van der Waals surface area contributed by atoms with Gasteiger partial charge in [-0.3, -0.25) is 0 Å². The SMILES string of the molecule is CCc1ccc(NC(=O)Nc2ccc(C(C)N)cc2)cc1. The third-order valence-electron chi connectivity index (χ3n) is 3.31. The maximum absolute atomic E-state index is 11.9. The zero-order valence-electron chi connectivity index (χ0n) is 12.4. The van der Waals surface area contributed by atoms with Gasteiger partial charge in [-0.05, 0) is 48.7 Å². The number of carbonyl (C=O) groups is 1. The fourth-order valence-electron chi connectivity index (χ4n) is 1.99. The first-order valence-corrected chi connectivity index (χ1v) is 7.11. The number of rotatable bonds is 4. The summed E-state index contributed by atoms with van der Waals surface area (Å²) < 4.78 is 0. The fourth-order valence-corrected chi connectivity index (χ4v) is 1.99. The lowest BCUT2D eigenvalue weighted by Gasteiger charge is -2.10. The second-order valence-electron chi connectivity index (χ2n) is 5.04. The minimum Gasteiger partial charge on any atom is -0.324 e. The van der Waals surface area contributed by atoms with Gasteiger partial charge in [-0.2, -0.15) is 0 Å². The first kappa shape index (κ1) is 15.1. The molecule has 0 spiro atoms. The molecule has 0 radical (unpaired) electrons. The number of benzene rings is 2. The van der Waals surface area contributed by atoms with Crippen LogP contribution in [-0.4, -0.2) is 6.03 Å². The van der Waals surface area contributed by atoms with Crippen LogP contribution in [0.1, 0.15) is 31.0 Å². The van der Waals surface area contributed by atoms with Gasteiger partial charge in [-0.25, -0.2) is 4.79 Å². The predicted molar refractivity (Wildman–Crippen MR) is 87.5 cm³/mol. The van der Waals surface area contributed by atoms with Crippen LogP contribution < -0.4 is 16.4 Å². The lowest BCUT2D eigenvalue weighted by atomic mass is 10.1. The van der Waals surface area contributed by atoms with Crippen LogP contribution in [0, 0.1) is 0 Å². The molecule has 21 heavy (non-hydrogen) atoms. The molecule has 0 heterocycles. The van der Waals surface area contributed by atoms with E-state index in [0.29, 0.717) is 0 Å². The van der Waals surface area contributed by atoms with Crippen molar-refractivity contribution < 1.29 is 4.79 Å². The van der Waals surface area contributed by atoms with Crippen molar-refractivity contribution in [1.29, 1.82) is 0 Å². The Labute approximate surface area is 125 Å². The van der Waals surface area contributed by atoms with Crippen LogP contribution in [0.5, 0.6) is 0 Å². The molecule has 0 aromatic heterocycles. The van der Waals surface area contributed by atoms with Crippen LogP contribution in [0.25, 0.3) is 0 Å². The standard InChI is InChI=1S/C17H21N3O/c1-3-13-4-8-15(9-5-13)19-17(21)20-16-10-6-14(7-11-16)12(2)18/h4-12H,3,18H2,1-2H3,(H2,19,20,21). The molecule has 2 aromatic rings. The smallest absolute Gasteiger partial charge is 0.323 e. The van der Waals surface area contributed by atoms with Gasteiger partial charge < -0.3 is 16.4 Å². The molecule has 2 rings (SSSR count). The molecular weight excluding hydrogens is 262 g/mol. The van der Waals surface area contributed by atoms with Gasteiger partial charge in [0.15, 0.2) is 0 Å². The molecule has 1 atom stereocenters. The Bertz CT molecular complexity index is 588. The summed E-state index contributed by atoms with van der Waals surface area (Å²) in [7, 11) is 0. The van der Waals surface area contributed by atoms with Crippen LogP contribution in [0.15, 0.2) is 48.5 Å². The van der Waals surface area contributed by atoms with Crippen molar-refractivity contribution in [3.63, 3.8) is 0 Å². The van der Waals surface area contributed by atoms with Crippen molar-refractivity contribution in [3.05, 3.63) is 59.7 Å². The van der Waals surface area contributed by atoms with Crippen LogP contribution in [0.3, 0.4) is 0 Å². The molecule has 0 aliphatic heterocycles. The zero-order valence-corrected chi connectivity index (χ0v) is 12.4. The lowest BCUT2D eigenvalue weighted by molar-refractivity contribution is 0.262. The Kier molecular flexibility index (Phi) is 4.95. The van der Waals surface area contributed by atoms with Crippen molar-refractivity contribution in [3.8, 4) is 0 Å². The summed E-state index contributed by atoms with van der Waals surface area (Å²) in [6.45, 7) is 4.02. The number of urea groups is 1. The molecule has 4 heteroatoms. The van der Waals surface area contributed by atoms with Gasteiger partial charge in [0.2, 0.25) is 0 Å². The minimum absolute atomic E-state index is 0.00930. The third kappa shape index (κ3) is 4.33. The van der Waals surface area contributed by atoms with Gasteiger partial charge >= 0.3 is 6.03 Å². The summed E-state index contributed by atoms with van der Waals surface area (Å²) in [5.41, 5.74) is 9.59. The van der Waals surface area contributed by atoms with E-state index < -0.39 is 0 Å². The third-order valence-corrected chi connectivity index (χ3v) is 3.31. The largest absolute Gasteiger partial charge is 0.324 e. The van der Waals surface area contributed by atoms with Crippen molar-refractivity contribution in [2.75, 3.05) is 10.6 Å². The molecule has 1 unspecified atom stereocenters. The number of nitrogens with two attached hydrogens (primary N) is 1. The van der Waals surface area contributed by atoms with Gasteiger partial charge in [-0.1, -0.05) is 31.2 Å². The fraction of sp³-hybridized carbons (Fsp3) is 0.235. The minimum atomic E-state index is -0.257. The van der Waals surface area contributed by atoms with Gasteiger partial charge in [0.05, 0.1) is 0 Å². The molecule has 4 N–H and O–H groups in total. The highest BCUT2D eigenvalue weighted by atomic mass is 16.2. The zero-order chi connectivity index (χ0) is 15.2. The van der Waals surface area contributed by atoms with Crippen molar-refractivity contribution in [1.82, 2.24) is 0 Å². The van der Waals surface area contributed by atoms with E-state index in [2.05, 4.69) is 17.6 Å². The summed E-state index contributed by atoms with van der Waals surface area (Å²) >= 11 is 0. The van der Waals surface area contributed by atoms with Crippen LogP contribution in [0.4, 0.5) is 16.2 Å². The molecule has 0 aliphatic carbocycles. The number of carbonyl (C=O) groups excluding carboxylic acids is 1. The highest BCUT2D eigenvalue weighted by Gasteiger charge is 2.04. The predicted octanol–water partition coefficient (Wildman–Crippen LogP) is 3.91. The van der Waals surface area contributed by atoms with Crippen molar-refractivity contribution >= 4 is 17.4 Å². The quantitative estimate of drug-likeness (QED) is 0.796. The van der Waals surface area contributed by atoms with E-state index in [0.717, 1.165) is 23.4 Å². The van der Waals surface area contributed by atoms with E-state index in [-0.39, 0.29) is 12.1 Å². The summed E-state index contributed by atoms with van der Waals surface area (Å²) in [5, 5.41) is 5.60. The van der Waals surface area contributed by atoms with E-state index >= 15 is 0 Å². The molecule has 110 valence electrons. The molecule has 2 aromatic carbocycles. The summed E-state index contributed by atoms with van der Waals surface area (Å²) in [5.74, 6) is 0. The van der Waals surface area contributed by atoms with Crippen LogP contribution in [0.2, 0.25) is 0 Å². The first-order chi connectivity index (χ1) is 10.1.